The fraction of sp³-hybridized carbons (Fsp3) is 0.273. The number of anilines is 1. The second-order valence-corrected chi connectivity index (χ2v) is 3.79. The lowest BCUT2D eigenvalue weighted by Crippen LogP contribution is -1.99. The lowest BCUT2D eigenvalue weighted by atomic mass is 10.1. The second kappa shape index (κ2) is 3.31. The molecule has 2 aromatic rings. The third kappa shape index (κ3) is 1.22. The van der Waals surface area contributed by atoms with Crippen LogP contribution in [0.5, 0.6) is 0 Å². The molecule has 1 aliphatic heterocycles. The largest absolute Gasteiger partial charge is 0.458 e. The van der Waals surface area contributed by atoms with Gasteiger partial charge in [-0.2, -0.15) is 0 Å². The van der Waals surface area contributed by atoms with Crippen molar-refractivity contribution < 1.29 is 9.15 Å². The van der Waals surface area contributed by atoms with E-state index in [1.54, 1.807) is 6.26 Å². The maximum Gasteiger partial charge on any atom is 0.194 e. The van der Waals surface area contributed by atoms with Crippen LogP contribution in [0.4, 0.5) is 5.82 Å². The van der Waals surface area contributed by atoms with Crippen molar-refractivity contribution >= 4 is 16.9 Å². The van der Waals surface area contributed by atoms with Gasteiger partial charge in [0.1, 0.15) is 17.9 Å². The van der Waals surface area contributed by atoms with Gasteiger partial charge in [0.15, 0.2) is 11.4 Å². The van der Waals surface area contributed by atoms with Crippen LogP contribution in [0.2, 0.25) is 0 Å². The Bertz CT molecular complexity index is 574. The second-order valence-electron chi connectivity index (χ2n) is 3.79. The van der Waals surface area contributed by atoms with Crippen LogP contribution in [0.25, 0.3) is 11.1 Å². The molecule has 5 nitrogen and oxygen atoms in total. The summed E-state index contributed by atoms with van der Waals surface area (Å²) >= 11 is 0. The van der Waals surface area contributed by atoms with E-state index in [9.17, 15) is 0 Å². The molecule has 2 N–H and O–H groups in total. The fourth-order valence-electron chi connectivity index (χ4n) is 1.92. The SMILES string of the molecule is CC1=CCOC1c1coc2c(N)ncnc12. The maximum atomic E-state index is 5.70. The predicted molar refractivity (Wildman–Crippen MR) is 58.7 cm³/mol. The van der Waals surface area contributed by atoms with E-state index >= 15 is 0 Å². The topological polar surface area (TPSA) is 74.2 Å². The maximum absolute atomic E-state index is 5.70. The van der Waals surface area contributed by atoms with E-state index in [0.717, 1.165) is 11.1 Å². The molecule has 16 heavy (non-hydrogen) atoms. The van der Waals surface area contributed by atoms with Crippen LogP contribution >= 0.6 is 0 Å². The summed E-state index contributed by atoms with van der Waals surface area (Å²) in [4.78, 5) is 8.07. The van der Waals surface area contributed by atoms with Crippen LogP contribution in [0.15, 0.2) is 28.7 Å². The summed E-state index contributed by atoms with van der Waals surface area (Å²) in [6, 6.07) is 0. The molecule has 82 valence electrons. The van der Waals surface area contributed by atoms with Crippen LogP contribution < -0.4 is 5.73 Å². The van der Waals surface area contributed by atoms with Gasteiger partial charge in [-0.05, 0) is 12.5 Å². The molecule has 2 aromatic heterocycles. The van der Waals surface area contributed by atoms with Gasteiger partial charge in [0.05, 0.1) is 12.9 Å². The van der Waals surface area contributed by atoms with Crippen LogP contribution in [0, 0.1) is 0 Å². The summed E-state index contributed by atoms with van der Waals surface area (Å²) < 4.78 is 11.0. The van der Waals surface area contributed by atoms with Crippen molar-refractivity contribution in [3.8, 4) is 0 Å². The molecule has 0 radical (unpaired) electrons. The number of fused-ring (bicyclic) bond motifs is 1. The van der Waals surface area contributed by atoms with Gasteiger partial charge in [0.25, 0.3) is 0 Å². The first-order chi connectivity index (χ1) is 7.77. The standard InChI is InChI=1S/C11H11N3O2/c1-6-2-3-15-9(6)7-4-16-10-8(7)13-5-14-11(10)12/h2,4-5,9H,3H2,1H3,(H2,12,13,14). The van der Waals surface area contributed by atoms with E-state index in [2.05, 4.69) is 9.97 Å². The van der Waals surface area contributed by atoms with E-state index in [-0.39, 0.29) is 6.10 Å². The Labute approximate surface area is 91.9 Å². The van der Waals surface area contributed by atoms with E-state index in [4.69, 9.17) is 14.9 Å². The number of furan rings is 1. The zero-order chi connectivity index (χ0) is 11.1. The van der Waals surface area contributed by atoms with Gasteiger partial charge in [-0.1, -0.05) is 6.08 Å². The Morgan fingerprint density at radius 2 is 2.31 bits per heavy atom. The number of ether oxygens (including phenoxy) is 1. The average molecular weight is 217 g/mol. The summed E-state index contributed by atoms with van der Waals surface area (Å²) in [5.74, 6) is 0.357. The summed E-state index contributed by atoms with van der Waals surface area (Å²) in [6.07, 6.45) is 5.05. The first-order valence-electron chi connectivity index (χ1n) is 5.03. The molecule has 3 rings (SSSR count). The van der Waals surface area contributed by atoms with Crippen molar-refractivity contribution in [2.75, 3.05) is 12.3 Å². The fourth-order valence-corrected chi connectivity index (χ4v) is 1.92. The van der Waals surface area contributed by atoms with Crippen molar-refractivity contribution in [1.82, 2.24) is 9.97 Å². The van der Waals surface area contributed by atoms with Gasteiger partial charge >= 0.3 is 0 Å². The van der Waals surface area contributed by atoms with Crippen LogP contribution in [0.1, 0.15) is 18.6 Å². The highest BCUT2D eigenvalue weighted by atomic mass is 16.5. The number of nitrogens with two attached hydrogens (primary N) is 1. The van der Waals surface area contributed by atoms with Gasteiger partial charge < -0.3 is 14.9 Å². The molecular formula is C11H11N3O2. The lowest BCUT2D eigenvalue weighted by molar-refractivity contribution is 0.123. The number of hydrogen-bond acceptors (Lipinski definition) is 5. The number of rotatable bonds is 1. The minimum atomic E-state index is -0.0736. The summed E-state index contributed by atoms with van der Waals surface area (Å²) in [5.41, 5.74) is 9.04. The normalized spacial score (nSPS) is 20.3. The van der Waals surface area contributed by atoms with Gasteiger partial charge in [0, 0.05) is 5.56 Å². The Balaban J connectivity index is 2.18. The highest BCUT2D eigenvalue weighted by molar-refractivity contribution is 5.85. The Kier molecular flexibility index (Phi) is 1.94. The Morgan fingerprint density at radius 3 is 3.06 bits per heavy atom. The number of nitrogen functional groups attached to an aromatic ring is 1. The molecule has 0 fully saturated rings. The van der Waals surface area contributed by atoms with Crippen LogP contribution in [-0.2, 0) is 4.74 Å². The first kappa shape index (κ1) is 9.35. The molecule has 1 atom stereocenters. The molecule has 0 amide bonds. The van der Waals surface area contributed by atoms with Gasteiger partial charge in [-0.3, -0.25) is 0 Å². The zero-order valence-electron chi connectivity index (χ0n) is 8.80. The third-order valence-electron chi connectivity index (χ3n) is 2.77. The Hall–Kier alpha value is -1.88. The van der Waals surface area contributed by atoms with E-state index in [0.29, 0.717) is 18.0 Å². The van der Waals surface area contributed by atoms with Gasteiger partial charge in [-0.25, -0.2) is 9.97 Å². The van der Waals surface area contributed by atoms with Gasteiger partial charge in [-0.15, -0.1) is 0 Å². The molecule has 0 aliphatic carbocycles. The van der Waals surface area contributed by atoms with Gasteiger partial charge in [0.2, 0.25) is 0 Å². The van der Waals surface area contributed by atoms with Crippen molar-refractivity contribution in [3.63, 3.8) is 0 Å². The van der Waals surface area contributed by atoms with Crippen molar-refractivity contribution in [3.05, 3.63) is 29.8 Å². The molecule has 0 aromatic carbocycles. The zero-order valence-corrected chi connectivity index (χ0v) is 8.80. The number of aromatic nitrogens is 2. The summed E-state index contributed by atoms with van der Waals surface area (Å²) in [5, 5.41) is 0. The molecule has 0 bridgehead atoms. The average Bonchev–Trinajstić information content (AvgIpc) is 2.84. The highest BCUT2D eigenvalue weighted by Crippen LogP contribution is 2.35. The van der Waals surface area contributed by atoms with E-state index < -0.39 is 0 Å². The molecule has 5 heteroatoms. The predicted octanol–water partition coefficient (Wildman–Crippen LogP) is 1.82. The molecule has 3 heterocycles. The molecule has 0 saturated heterocycles. The smallest absolute Gasteiger partial charge is 0.194 e. The monoisotopic (exact) mass is 217 g/mol. The Morgan fingerprint density at radius 1 is 1.44 bits per heavy atom. The van der Waals surface area contributed by atoms with Crippen LogP contribution in [0.3, 0.4) is 0 Å². The summed E-state index contributed by atoms with van der Waals surface area (Å²) in [7, 11) is 0. The third-order valence-corrected chi connectivity index (χ3v) is 2.77. The van der Waals surface area contributed by atoms with Crippen molar-refractivity contribution in [2.45, 2.75) is 13.0 Å². The minimum Gasteiger partial charge on any atom is -0.458 e. The molecule has 0 saturated carbocycles. The highest BCUT2D eigenvalue weighted by Gasteiger charge is 2.24. The van der Waals surface area contributed by atoms with Crippen molar-refractivity contribution in [2.24, 2.45) is 0 Å². The molecule has 1 unspecified atom stereocenters. The molecular weight excluding hydrogens is 206 g/mol. The van der Waals surface area contributed by atoms with Crippen LogP contribution in [-0.4, -0.2) is 16.6 Å². The minimum absolute atomic E-state index is 0.0736. The molecule has 0 spiro atoms. The van der Waals surface area contributed by atoms with E-state index in [1.165, 1.54) is 11.9 Å². The van der Waals surface area contributed by atoms with Crippen molar-refractivity contribution in [1.29, 1.82) is 0 Å². The number of nitrogens with zero attached hydrogens (tertiary/aromatic N) is 2. The quantitative estimate of drug-likeness (QED) is 0.737. The van der Waals surface area contributed by atoms with E-state index in [1.807, 2.05) is 13.0 Å². The lowest BCUT2D eigenvalue weighted by Gasteiger charge is -2.09. The number of hydrogen-bond donors (Lipinski definition) is 1. The molecule has 1 aliphatic rings. The first-order valence-corrected chi connectivity index (χ1v) is 5.03. The summed E-state index contributed by atoms with van der Waals surface area (Å²) in [6.45, 7) is 2.66.